The number of carbonyl (C=O) groups excluding carboxylic acids is 2. The summed E-state index contributed by atoms with van der Waals surface area (Å²) in [6.07, 6.45) is 4.51. The Hall–Kier alpha value is -2.21. The third kappa shape index (κ3) is 4.27. The number of nitrogens with one attached hydrogen (secondary N) is 1. The lowest BCUT2D eigenvalue weighted by molar-refractivity contribution is -0.120. The first kappa shape index (κ1) is 19.1. The average molecular weight is 398 g/mol. The van der Waals surface area contributed by atoms with Gasteiger partial charge in [-0.15, -0.1) is 11.3 Å². The quantitative estimate of drug-likeness (QED) is 0.800. The van der Waals surface area contributed by atoms with Crippen molar-refractivity contribution in [2.45, 2.75) is 52.9 Å². The Morgan fingerprint density at radius 3 is 2.79 bits per heavy atom. The molecule has 0 spiro atoms. The monoisotopic (exact) mass is 397 g/mol. The summed E-state index contributed by atoms with van der Waals surface area (Å²) < 4.78 is 0. The molecule has 2 aromatic rings. The van der Waals surface area contributed by atoms with Gasteiger partial charge >= 0.3 is 0 Å². The second kappa shape index (κ2) is 7.32. The number of hydrogen-bond acceptors (Lipinski definition) is 4. The average Bonchev–Trinajstić information content (AvgIpc) is 3.38. The number of benzene rings is 1. The highest BCUT2D eigenvalue weighted by Gasteiger charge is 2.35. The molecule has 1 aromatic heterocycles. The maximum atomic E-state index is 12.6. The SMILES string of the molecule is CC(C)(C)CC(=O)Nc1nc(-c2ccc3c(c2)CCCN3C(=O)C2CC2)cs1. The fourth-order valence-corrected chi connectivity index (χ4v) is 4.38. The predicted molar refractivity (Wildman–Crippen MR) is 114 cm³/mol. The van der Waals surface area contributed by atoms with E-state index >= 15 is 0 Å². The number of thiazole rings is 1. The van der Waals surface area contributed by atoms with Crippen molar-refractivity contribution in [3.05, 3.63) is 29.1 Å². The zero-order valence-electron chi connectivity index (χ0n) is 16.7. The van der Waals surface area contributed by atoms with Gasteiger partial charge in [-0.1, -0.05) is 26.8 Å². The van der Waals surface area contributed by atoms with Crippen molar-refractivity contribution in [3.8, 4) is 11.3 Å². The van der Waals surface area contributed by atoms with Crippen LogP contribution in [0.1, 0.15) is 52.0 Å². The van der Waals surface area contributed by atoms with Gasteiger partial charge in [0.15, 0.2) is 5.13 Å². The van der Waals surface area contributed by atoms with E-state index in [1.165, 1.54) is 16.9 Å². The van der Waals surface area contributed by atoms with E-state index in [4.69, 9.17) is 0 Å². The number of aromatic nitrogens is 1. The van der Waals surface area contributed by atoms with Gasteiger partial charge < -0.3 is 10.2 Å². The maximum Gasteiger partial charge on any atom is 0.230 e. The first-order valence-corrected chi connectivity index (χ1v) is 10.9. The summed E-state index contributed by atoms with van der Waals surface area (Å²) in [6.45, 7) is 6.96. The Morgan fingerprint density at radius 2 is 2.07 bits per heavy atom. The lowest BCUT2D eigenvalue weighted by Gasteiger charge is -2.30. The summed E-state index contributed by atoms with van der Waals surface area (Å²) in [5.41, 5.74) is 4.12. The molecule has 1 fully saturated rings. The van der Waals surface area contributed by atoms with Crippen LogP contribution in [-0.4, -0.2) is 23.3 Å². The minimum atomic E-state index is -0.0492. The number of amides is 2. The molecule has 148 valence electrons. The number of fused-ring (bicyclic) bond motifs is 1. The fraction of sp³-hybridized carbons (Fsp3) is 0.500. The Kier molecular flexibility index (Phi) is 5.00. The zero-order valence-corrected chi connectivity index (χ0v) is 17.6. The third-order valence-corrected chi connectivity index (χ3v) is 5.89. The van der Waals surface area contributed by atoms with Gasteiger partial charge in [0, 0.05) is 35.5 Å². The van der Waals surface area contributed by atoms with Crippen molar-refractivity contribution in [1.29, 1.82) is 0 Å². The first-order chi connectivity index (χ1) is 13.3. The molecule has 1 aliphatic heterocycles. The maximum absolute atomic E-state index is 12.6. The molecule has 28 heavy (non-hydrogen) atoms. The second-order valence-electron chi connectivity index (χ2n) is 9.03. The molecule has 1 aromatic carbocycles. The summed E-state index contributed by atoms with van der Waals surface area (Å²) in [5, 5.41) is 5.52. The molecule has 1 N–H and O–H groups in total. The Morgan fingerprint density at radius 1 is 1.29 bits per heavy atom. The summed E-state index contributed by atoms with van der Waals surface area (Å²) >= 11 is 1.45. The highest BCUT2D eigenvalue weighted by atomic mass is 32.1. The van der Waals surface area contributed by atoms with Gasteiger partial charge in [-0.3, -0.25) is 9.59 Å². The molecule has 1 aliphatic carbocycles. The highest BCUT2D eigenvalue weighted by molar-refractivity contribution is 7.14. The van der Waals surface area contributed by atoms with Gasteiger partial charge in [0.1, 0.15) is 0 Å². The molecule has 2 heterocycles. The highest BCUT2D eigenvalue weighted by Crippen LogP contribution is 2.37. The van der Waals surface area contributed by atoms with Crippen molar-refractivity contribution < 1.29 is 9.59 Å². The van der Waals surface area contributed by atoms with E-state index in [0.29, 0.717) is 11.6 Å². The standard InChI is InChI=1S/C22H27N3O2S/c1-22(2,3)12-19(26)24-21-23-17(13-28-21)15-8-9-18-16(11-15)5-4-10-25(18)20(27)14-6-7-14/h8-9,11,13-14H,4-7,10,12H2,1-3H3,(H,23,24,26). The number of rotatable bonds is 4. The molecule has 0 atom stereocenters. The first-order valence-electron chi connectivity index (χ1n) is 10.0. The number of carbonyl (C=O) groups is 2. The van der Waals surface area contributed by atoms with Crippen LogP contribution in [0.5, 0.6) is 0 Å². The van der Waals surface area contributed by atoms with Crippen molar-refractivity contribution in [2.24, 2.45) is 11.3 Å². The van der Waals surface area contributed by atoms with Crippen LogP contribution in [0.2, 0.25) is 0 Å². The fourth-order valence-electron chi connectivity index (χ4n) is 3.64. The van der Waals surface area contributed by atoms with Crippen molar-refractivity contribution in [2.75, 3.05) is 16.8 Å². The molecular weight excluding hydrogens is 370 g/mol. The topological polar surface area (TPSA) is 62.3 Å². The Bertz CT molecular complexity index is 909. The van der Waals surface area contributed by atoms with E-state index in [1.54, 1.807) is 0 Å². The van der Waals surface area contributed by atoms with Crippen LogP contribution >= 0.6 is 11.3 Å². The van der Waals surface area contributed by atoms with E-state index in [1.807, 2.05) is 37.1 Å². The van der Waals surface area contributed by atoms with Crippen molar-refractivity contribution in [1.82, 2.24) is 4.98 Å². The second-order valence-corrected chi connectivity index (χ2v) is 9.89. The van der Waals surface area contributed by atoms with Gasteiger partial charge in [0.2, 0.25) is 11.8 Å². The number of anilines is 2. The van der Waals surface area contributed by atoms with Crippen LogP contribution in [0.25, 0.3) is 11.3 Å². The summed E-state index contributed by atoms with van der Waals surface area (Å²) in [7, 11) is 0. The molecule has 0 unspecified atom stereocenters. The molecule has 0 radical (unpaired) electrons. The van der Waals surface area contributed by atoms with Crippen LogP contribution in [0.4, 0.5) is 10.8 Å². The van der Waals surface area contributed by atoms with Crippen LogP contribution < -0.4 is 10.2 Å². The van der Waals surface area contributed by atoms with Crippen molar-refractivity contribution >= 4 is 34.0 Å². The molecule has 6 heteroatoms. The van der Waals surface area contributed by atoms with Gasteiger partial charge in [-0.05, 0) is 48.8 Å². The van der Waals surface area contributed by atoms with Crippen LogP contribution in [-0.2, 0) is 16.0 Å². The van der Waals surface area contributed by atoms with Gasteiger partial charge in [0.05, 0.1) is 5.69 Å². The molecule has 2 aliphatic rings. The molecule has 0 bridgehead atoms. The van der Waals surface area contributed by atoms with E-state index in [9.17, 15) is 9.59 Å². The number of aryl methyl sites for hydroxylation is 1. The van der Waals surface area contributed by atoms with Crippen molar-refractivity contribution in [3.63, 3.8) is 0 Å². The van der Waals surface area contributed by atoms with Crippen LogP contribution in [0.3, 0.4) is 0 Å². The molecule has 2 amide bonds. The third-order valence-electron chi connectivity index (χ3n) is 5.13. The van der Waals surface area contributed by atoms with Gasteiger partial charge in [0.25, 0.3) is 0 Å². The lowest BCUT2D eigenvalue weighted by Crippen LogP contribution is -2.36. The van der Waals surface area contributed by atoms with E-state index in [2.05, 4.69) is 22.4 Å². The molecule has 1 saturated carbocycles. The predicted octanol–water partition coefficient (Wildman–Crippen LogP) is 4.87. The summed E-state index contributed by atoms with van der Waals surface area (Å²) in [5.74, 6) is 0.516. The Labute approximate surface area is 170 Å². The van der Waals surface area contributed by atoms with E-state index < -0.39 is 0 Å². The number of hydrogen-bond donors (Lipinski definition) is 1. The largest absolute Gasteiger partial charge is 0.312 e. The summed E-state index contributed by atoms with van der Waals surface area (Å²) in [4.78, 5) is 31.3. The summed E-state index contributed by atoms with van der Waals surface area (Å²) in [6, 6.07) is 6.24. The van der Waals surface area contributed by atoms with Crippen LogP contribution in [0, 0.1) is 11.3 Å². The van der Waals surface area contributed by atoms with Gasteiger partial charge in [-0.25, -0.2) is 4.98 Å². The Balaban J connectivity index is 1.50. The smallest absolute Gasteiger partial charge is 0.230 e. The minimum Gasteiger partial charge on any atom is -0.312 e. The molecule has 5 nitrogen and oxygen atoms in total. The lowest BCUT2D eigenvalue weighted by atomic mass is 9.92. The molecule has 4 rings (SSSR count). The van der Waals surface area contributed by atoms with E-state index in [-0.39, 0.29) is 23.1 Å². The van der Waals surface area contributed by atoms with E-state index in [0.717, 1.165) is 49.2 Å². The number of nitrogens with zero attached hydrogens (tertiary/aromatic N) is 2. The van der Waals surface area contributed by atoms with Crippen LogP contribution in [0.15, 0.2) is 23.6 Å². The normalized spacial score (nSPS) is 16.6. The zero-order chi connectivity index (χ0) is 19.9. The van der Waals surface area contributed by atoms with Gasteiger partial charge in [-0.2, -0.15) is 0 Å². The molecule has 0 saturated heterocycles. The minimum absolute atomic E-state index is 0.00642. The molecular formula is C22H27N3O2S.